The summed E-state index contributed by atoms with van der Waals surface area (Å²) in [5.74, 6) is 0.431. The van der Waals surface area contributed by atoms with Crippen LogP contribution in [0, 0.1) is 0 Å². The number of carbonyl (C=O) groups excluding carboxylic acids is 1. The van der Waals surface area contributed by atoms with Gasteiger partial charge in [-0.1, -0.05) is 48.9 Å². The predicted octanol–water partition coefficient (Wildman–Crippen LogP) is 4.74. The fourth-order valence-corrected chi connectivity index (χ4v) is 3.04. The molecule has 0 radical (unpaired) electrons. The number of nitrogens with zero attached hydrogens (tertiary/aromatic N) is 1. The summed E-state index contributed by atoms with van der Waals surface area (Å²) in [5, 5.41) is 13.0. The smallest absolute Gasteiger partial charge is 0.252 e. The zero-order valence-corrected chi connectivity index (χ0v) is 18.0. The van der Waals surface area contributed by atoms with E-state index in [2.05, 4.69) is 10.3 Å². The van der Waals surface area contributed by atoms with E-state index < -0.39 is 0 Å². The van der Waals surface area contributed by atoms with Crippen LogP contribution >= 0.6 is 11.6 Å². The lowest BCUT2D eigenvalue weighted by atomic mass is 10.0. The molecule has 2 aromatic carbocycles. The summed E-state index contributed by atoms with van der Waals surface area (Å²) >= 11 is 5.98. The topological polar surface area (TPSA) is 71.5 Å². The average molecular weight is 437 g/mol. The van der Waals surface area contributed by atoms with Crippen molar-refractivity contribution in [3.05, 3.63) is 94.8 Å². The van der Waals surface area contributed by atoms with Gasteiger partial charge in [0.1, 0.15) is 12.4 Å². The molecule has 2 N–H and O–H groups in total. The second-order valence-corrected chi connectivity index (χ2v) is 7.44. The highest BCUT2D eigenvalue weighted by Crippen LogP contribution is 2.23. The van der Waals surface area contributed by atoms with Gasteiger partial charge >= 0.3 is 0 Å². The Hall–Kier alpha value is -3.15. The molecule has 0 aliphatic heterocycles. The summed E-state index contributed by atoms with van der Waals surface area (Å²) in [7, 11) is 0. The van der Waals surface area contributed by atoms with Gasteiger partial charge in [-0.2, -0.15) is 0 Å². The largest absolute Gasteiger partial charge is 0.487 e. The number of benzene rings is 2. The Morgan fingerprint density at radius 1 is 1.13 bits per heavy atom. The van der Waals surface area contributed by atoms with Gasteiger partial charge in [0.25, 0.3) is 5.91 Å². The Labute approximate surface area is 187 Å². The van der Waals surface area contributed by atoms with E-state index in [0.717, 1.165) is 16.8 Å². The molecule has 3 rings (SSSR count). The third-order valence-electron chi connectivity index (χ3n) is 4.75. The Balaban J connectivity index is 1.82. The van der Waals surface area contributed by atoms with Gasteiger partial charge in [0.05, 0.1) is 18.3 Å². The van der Waals surface area contributed by atoms with Crippen molar-refractivity contribution in [1.82, 2.24) is 10.3 Å². The van der Waals surface area contributed by atoms with Gasteiger partial charge in [0, 0.05) is 16.8 Å². The first kappa shape index (κ1) is 22.5. The number of pyridine rings is 1. The van der Waals surface area contributed by atoms with E-state index in [9.17, 15) is 9.90 Å². The van der Waals surface area contributed by atoms with Crippen molar-refractivity contribution in [2.75, 3.05) is 6.61 Å². The Kier molecular flexibility index (Phi) is 8.21. The maximum atomic E-state index is 13.0. The zero-order chi connectivity index (χ0) is 22.1. The van der Waals surface area contributed by atoms with Gasteiger partial charge in [-0.05, 0) is 60.0 Å². The fraction of sp³-hybridized carbons (Fsp3) is 0.200. The number of hydrogen-bond donors (Lipinski definition) is 2. The van der Waals surface area contributed by atoms with Gasteiger partial charge in [-0.25, -0.2) is 0 Å². The Morgan fingerprint density at radius 2 is 1.87 bits per heavy atom. The summed E-state index contributed by atoms with van der Waals surface area (Å²) in [6.45, 7) is 2.16. The summed E-state index contributed by atoms with van der Waals surface area (Å²) in [6, 6.07) is 20.0. The molecule has 1 heterocycles. The lowest BCUT2D eigenvalue weighted by Crippen LogP contribution is -2.37. The Morgan fingerprint density at radius 3 is 2.48 bits per heavy atom. The predicted molar refractivity (Wildman–Crippen MR) is 124 cm³/mol. The standard InChI is InChI=1S/C25H25ClN2O3/c1-2-21(16-29)28-25(30)24(15-18-6-10-20(26)11-7-18)19-8-12-23(13-9-19)31-17-22-5-3-4-14-27-22/h3-15,21,29H,2,16-17H2,1H3,(H,28,30)/b24-15+. The molecule has 0 bridgehead atoms. The number of ether oxygens (including phenoxy) is 1. The van der Waals surface area contributed by atoms with Crippen molar-refractivity contribution >= 4 is 29.2 Å². The molecule has 5 nitrogen and oxygen atoms in total. The molecule has 6 heteroatoms. The van der Waals surface area contributed by atoms with Crippen molar-refractivity contribution < 1.29 is 14.6 Å². The lowest BCUT2D eigenvalue weighted by molar-refractivity contribution is -0.116. The molecule has 1 amide bonds. The van der Waals surface area contributed by atoms with Crippen molar-refractivity contribution in [3.8, 4) is 5.75 Å². The van der Waals surface area contributed by atoms with E-state index >= 15 is 0 Å². The monoisotopic (exact) mass is 436 g/mol. The minimum atomic E-state index is -0.304. The Bertz CT molecular complexity index is 999. The van der Waals surface area contributed by atoms with Crippen LogP contribution in [0.5, 0.6) is 5.75 Å². The SMILES string of the molecule is CCC(CO)NC(=O)/C(=C/c1ccc(Cl)cc1)c1ccc(OCc2ccccn2)cc1. The zero-order valence-electron chi connectivity index (χ0n) is 17.3. The highest BCUT2D eigenvalue weighted by Gasteiger charge is 2.16. The molecule has 31 heavy (non-hydrogen) atoms. The van der Waals surface area contributed by atoms with Gasteiger partial charge in [-0.15, -0.1) is 0 Å². The van der Waals surface area contributed by atoms with Gasteiger partial charge in [0.2, 0.25) is 0 Å². The molecule has 0 saturated carbocycles. The quantitative estimate of drug-likeness (QED) is 0.375. The fourth-order valence-electron chi connectivity index (χ4n) is 2.92. The second-order valence-electron chi connectivity index (χ2n) is 7.00. The maximum Gasteiger partial charge on any atom is 0.252 e. The van der Waals surface area contributed by atoms with Crippen LogP contribution in [0.15, 0.2) is 72.9 Å². The molecule has 3 aromatic rings. The molecule has 0 fully saturated rings. The van der Waals surface area contributed by atoms with Gasteiger partial charge in [0.15, 0.2) is 0 Å². The molecular formula is C25H25ClN2O3. The van der Waals surface area contributed by atoms with E-state index in [0.29, 0.717) is 29.4 Å². The van der Waals surface area contributed by atoms with Crippen LogP contribution in [0.4, 0.5) is 0 Å². The van der Waals surface area contributed by atoms with Crippen LogP contribution in [0.3, 0.4) is 0 Å². The van der Waals surface area contributed by atoms with Crippen LogP contribution in [-0.4, -0.2) is 28.6 Å². The molecule has 0 aliphatic carbocycles. The molecular weight excluding hydrogens is 412 g/mol. The molecule has 0 aliphatic rings. The van der Waals surface area contributed by atoms with Crippen molar-refractivity contribution in [1.29, 1.82) is 0 Å². The molecule has 160 valence electrons. The van der Waals surface area contributed by atoms with E-state index in [1.165, 1.54) is 0 Å². The summed E-state index contributed by atoms with van der Waals surface area (Å²) < 4.78 is 5.79. The highest BCUT2D eigenvalue weighted by molar-refractivity contribution is 6.30. The molecule has 1 atom stereocenters. The van der Waals surface area contributed by atoms with Crippen LogP contribution in [0.1, 0.15) is 30.2 Å². The average Bonchev–Trinajstić information content (AvgIpc) is 2.81. The van der Waals surface area contributed by atoms with Crippen molar-refractivity contribution in [3.63, 3.8) is 0 Å². The third kappa shape index (κ3) is 6.67. The first-order valence-electron chi connectivity index (χ1n) is 10.1. The first-order valence-corrected chi connectivity index (χ1v) is 10.5. The van der Waals surface area contributed by atoms with Crippen molar-refractivity contribution in [2.24, 2.45) is 0 Å². The van der Waals surface area contributed by atoms with Crippen LogP contribution in [0.25, 0.3) is 11.6 Å². The molecule has 0 saturated heterocycles. The minimum Gasteiger partial charge on any atom is -0.487 e. The van der Waals surface area contributed by atoms with E-state index in [-0.39, 0.29) is 18.6 Å². The number of aromatic nitrogens is 1. The van der Waals surface area contributed by atoms with E-state index in [1.807, 2.05) is 61.5 Å². The first-order chi connectivity index (χ1) is 15.1. The second kappa shape index (κ2) is 11.3. The number of carbonyl (C=O) groups is 1. The number of rotatable bonds is 9. The number of amides is 1. The van der Waals surface area contributed by atoms with Gasteiger partial charge in [-0.3, -0.25) is 9.78 Å². The van der Waals surface area contributed by atoms with E-state index in [4.69, 9.17) is 16.3 Å². The van der Waals surface area contributed by atoms with E-state index in [1.54, 1.807) is 24.4 Å². The summed E-state index contributed by atoms with van der Waals surface area (Å²) in [4.78, 5) is 17.2. The van der Waals surface area contributed by atoms with Crippen molar-refractivity contribution in [2.45, 2.75) is 26.0 Å². The molecule has 1 unspecified atom stereocenters. The van der Waals surface area contributed by atoms with Gasteiger partial charge < -0.3 is 15.2 Å². The normalized spacial score (nSPS) is 12.3. The summed E-state index contributed by atoms with van der Waals surface area (Å²) in [6.07, 6.45) is 4.17. The highest BCUT2D eigenvalue weighted by atomic mass is 35.5. The molecule has 1 aromatic heterocycles. The number of nitrogens with one attached hydrogen (secondary N) is 1. The third-order valence-corrected chi connectivity index (χ3v) is 5.00. The van der Waals surface area contributed by atoms with Crippen LogP contribution in [0.2, 0.25) is 5.02 Å². The van der Waals surface area contributed by atoms with Crippen LogP contribution < -0.4 is 10.1 Å². The minimum absolute atomic E-state index is 0.114. The maximum absolute atomic E-state index is 13.0. The number of hydrogen-bond acceptors (Lipinski definition) is 4. The molecule has 0 spiro atoms. The van der Waals surface area contributed by atoms with Crippen LogP contribution in [-0.2, 0) is 11.4 Å². The number of aliphatic hydroxyl groups excluding tert-OH is 1. The number of halogens is 1. The summed E-state index contributed by atoms with van der Waals surface area (Å²) in [5.41, 5.74) is 2.92. The lowest BCUT2D eigenvalue weighted by Gasteiger charge is -2.16. The number of aliphatic hydroxyl groups is 1.